The van der Waals surface area contributed by atoms with Gasteiger partial charge in [0.15, 0.2) is 4.80 Å². The Hall–Kier alpha value is -4.47. The Morgan fingerprint density at radius 1 is 1.05 bits per heavy atom. The minimum absolute atomic E-state index is 0.170. The molecule has 0 saturated heterocycles. The SMILES string of the molecule is CCOC(=O)C1=C(C)N=c2s/c(=C3/C(=O)N(Cc4ccc(Cl)cc4)c4ccccc43)c(=O)n2[C@H]1c1cccc(OC)c1. The van der Waals surface area contributed by atoms with Gasteiger partial charge < -0.3 is 14.4 Å². The molecule has 0 N–H and O–H groups in total. The number of esters is 1. The van der Waals surface area contributed by atoms with Crippen molar-refractivity contribution in [3.63, 3.8) is 0 Å². The fraction of sp³-hybridized carbons (Fsp3) is 0.188. The van der Waals surface area contributed by atoms with Gasteiger partial charge in [0, 0.05) is 10.6 Å². The summed E-state index contributed by atoms with van der Waals surface area (Å²) in [6.07, 6.45) is 0. The number of carbonyl (C=O) groups excluding carboxylic acids is 2. The number of nitrogens with zero attached hydrogens (tertiary/aromatic N) is 3. The smallest absolute Gasteiger partial charge is 0.338 e. The van der Waals surface area contributed by atoms with Crippen LogP contribution in [0.15, 0.2) is 93.9 Å². The van der Waals surface area contributed by atoms with Crippen LogP contribution in [0.1, 0.15) is 36.6 Å². The third-order valence-corrected chi connectivity index (χ3v) is 8.61. The predicted molar refractivity (Wildman–Crippen MR) is 161 cm³/mol. The van der Waals surface area contributed by atoms with E-state index in [9.17, 15) is 14.4 Å². The van der Waals surface area contributed by atoms with Crippen molar-refractivity contribution in [3.05, 3.63) is 125 Å². The third kappa shape index (κ3) is 4.64. The maximum atomic E-state index is 14.3. The number of ether oxygens (including phenoxy) is 2. The van der Waals surface area contributed by atoms with E-state index in [-0.39, 0.29) is 22.6 Å². The Morgan fingerprint density at radius 2 is 1.81 bits per heavy atom. The number of rotatable bonds is 6. The molecule has 212 valence electrons. The van der Waals surface area contributed by atoms with E-state index in [1.807, 2.05) is 42.5 Å². The van der Waals surface area contributed by atoms with Crippen molar-refractivity contribution in [2.45, 2.75) is 26.4 Å². The molecule has 1 atom stereocenters. The van der Waals surface area contributed by atoms with Crippen LogP contribution in [0.2, 0.25) is 5.02 Å². The molecule has 0 unspecified atom stereocenters. The first-order valence-electron chi connectivity index (χ1n) is 13.3. The number of methoxy groups -OCH3 is 1. The van der Waals surface area contributed by atoms with Gasteiger partial charge >= 0.3 is 5.97 Å². The Morgan fingerprint density at radius 3 is 2.55 bits per heavy atom. The topological polar surface area (TPSA) is 90.2 Å². The zero-order valence-corrected chi connectivity index (χ0v) is 24.7. The lowest BCUT2D eigenvalue weighted by atomic mass is 9.95. The van der Waals surface area contributed by atoms with Gasteiger partial charge in [-0.3, -0.25) is 14.2 Å². The third-order valence-electron chi connectivity index (χ3n) is 7.31. The highest BCUT2D eigenvalue weighted by Gasteiger charge is 2.37. The van der Waals surface area contributed by atoms with Crippen molar-refractivity contribution in [2.24, 2.45) is 4.99 Å². The van der Waals surface area contributed by atoms with Gasteiger partial charge in [0.05, 0.1) is 48.8 Å². The Kier molecular flexibility index (Phi) is 7.30. The van der Waals surface area contributed by atoms with Gasteiger partial charge in [-0.2, -0.15) is 0 Å². The molecule has 0 saturated carbocycles. The van der Waals surface area contributed by atoms with Crippen LogP contribution in [0.5, 0.6) is 5.75 Å². The highest BCUT2D eigenvalue weighted by atomic mass is 35.5. The van der Waals surface area contributed by atoms with Crippen LogP contribution >= 0.6 is 22.9 Å². The second-order valence-electron chi connectivity index (χ2n) is 9.81. The number of allylic oxidation sites excluding steroid dienone is 1. The first-order chi connectivity index (χ1) is 20.3. The molecule has 3 aromatic carbocycles. The summed E-state index contributed by atoms with van der Waals surface area (Å²) in [7, 11) is 1.55. The number of aromatic nitrogens is 1. The first-order valence-corrected chi connectivity index (χ1v) is 14.5. The molecule has 0 fully saturated rings. The summed E-state index contributed by atoms with van der Waals surface area (Å²) in [5.41, 5.74) is 3.55. The van der Waals surface area contributed by atoms with E-state index in [1.165, 1.54) is 4.57 Å². The number of para-hydroxylation sites is 1. The fourth-order valence-corrected chi connectivity index (χ4v) is 6.66. The first kappa shape index (κ1) is 27.7. The van der Waals surface area contributed by atoms with Crippen LogP contribution in [-0.4, -0.2) is 30.2 Å². The van der Waals surface area contributed by atoms with E-state index < -0.39 is 17.6 Å². The second-order valence-corrected chi connectivity index (χ2v) is 11.2. The van der Waals surface area contributed by atoms with Gasteiger partial charge in [-0.05, 0) is 55.3 Å². The van der Waals surface area contributed by atoms with Gasteiger partial charge in [-0.1, -0.05) is 65.4 Å². The second kappa shape index (κ2) is 11.1. The summed E-state index contributed by atoms with van der Waals surface area (Å²) in [5.74, 6) is -0.260. The molecule has 3 heterocycles. The van der Waals surface area contributed by atoms with E-state index in [0.29, 0.717) is 50.2 Å². The summed E-state index contributed by atoms with van der Waals surface area (Å²) in [6.45, 7) is 3.94. The summed E-state index contributed by atoms with van der Waals surface area (Å²) in [4.78, 5) is 48.3. The highest BCUT2D eigenvalue weighted by molar-refractivity contribution is 7.07. The molecule has 8 nitrogen and oxygen atoms in total. The molecule has 10 heteroatoms. The van der Waals surface area contributed by atoms with Gasteiger partial charge in [0.2, 0.25) is 0 Å². The molecule has 6 rings (SSSR count). The minimum Gasteiger partial charge on any atom is -0.497 e. The zero-order chi connectivity index (χ0) is 29.5. The van der Waals surface area contributed by atoms with E-state index in [0.717, 1.165) is 16.9 Å². The van der Waals surface area contributed by atoms with Crippen LogP contribution in [0.3, 0.4) is 0 Å². The van der Waals surface area contributed by atoms with Gasteiger partial charge in [-0.25, -0.2) is 9.79 Å². The van der Waals surface area contributed by atoms with E-state index in [4.69, 9.17) is 21.1 Å². The Balaban J connectivity index is 1.57. The van der Waals surface area contributed by atoms with Crippen molar-refractivity contribution in [1.29, 1.82) is 0 Å². The average Bonchev–Trinajstić information content (AvgIpc) is 3.45. The maximum Gasteiger partial charge on any atom is 0.338 e. The molecular weight excluding hydrogens is 574 g/mol. The number of halogens is 1. The number of hydrogen-bond acceptors (Lipinski definition) is 7. The molecule has 0 spiro atoms. The number of thiazole rings is 1. The van der Waals surface area contributed by atoms with Crippen LogP contribution in [0.25, 0.3) is 5.57 Å². The fourth-order valence-electron chi connectivity index (χ4n) is 5.40. The van der Waals surface area contributed by atoms with Crippen molar-refractivity contribution < 1.29 is 19.1 Å². The lowest BCUT2D eigenvalue weighted by Crippen LogP contribution is -2.41. The van der Waals surface area contributed by atoms with Gasteiger partial charge in [-0.15, -0.1) is 0 Å². The van der Waals surface area contributed by atoms with E-state index in [2.05, 4.69) is 4.99 Å². The molecule has 4 aromatic rings. The van der Waals surface area contributed by atoms with Crippen LogP contribution in [0, 0.1) is 0 Å². The molecule has 0 radical (unpaired) electrons. The minimum atomic E-state index is -0.818. The molecule has 2 aliphatic rings. The van der Waals surface area contributed by atoms with E-state index >= 15 is 0 Å². The van der Waals surface area contributed by atoms with Crippen molar-refractivity contribution in [1.82, 2.24) is 4.57 Å². The van der Waals surface area contributed by atoms with Crippen LogP contribution in [0.4, 0.5) is 5.69 Å². The molecule has 1 aromatic heterocycles. The monoisotopic (exact) mass is 599 g/mol. The quantitative estimate of drug-likeness (QED) is 0.307. The predicted octanol–water partition coefficient (Wildman–Crippen LogP) is 4.38. The number of benzene rings is 3. The number of anilines is 1. The molecule has 0 aliphatic carbocycles. The highest BCUT2D eigenvalue weighted by Crippen LogP contribution is 2.37. The lowest BCUT2D eigenvalue weighted by Gasteiger charge is -2.25. The molecule has 0 bridgehead atoms. The van der Waals surface area contributed by atoms with Gasteiger partial charge in [0.1, 0.15) is 10.3 Å². The van der Waals surface area contributed by atoms with Crippen molar-refractivity contribution in [2.75, 3.05) is 18.6 Å². The number of amides is 1. The lowest BCUT2D eigenvalue weighted by molar-refractivity contribution is -0.139. The zero-order valence-electron chi connectivity index (χ0n) is 23.1. The Bertz CT molecular complexity index is 1960. The normalized spacial score (nSPS) is 17.1. The van der Waals surface area contributed by atoms with Crippen molar-refractivity contribution in [3.8, 4) is 5.75 Å². The summed E-state index contributed by atoms with van der Waals surface area (Å²) >= 11 is 7.21. The maximum absolute atomic E-state index is 14.3. The summed E-state index contributed by atoms with van der Waals surface area (Å²) < 4.78 is 12.6. The standard InChI is InChI=1S/C32H26ClN3O5S/c1-4-41-31(39)25-18(2)34-32-36(27(25)20-8-7-9-22(16-20)40-3)30(38)28(42-32)26-23-10-5-6-11-24(23)35(29(26)37)17-19-12-14-21(33)15-13-19/h5-16,27H,4,17H2,1-3H3/b28-26+/t27-/m0/s1. The molecule has 42 heavy (non-hydrogen) atoms. The molecule has 1 amide bonds. The van der Waals surface area contributed by atoms with Gasteiger partial charge in [0.25, 0.3) is 11.5 Å². The molecule has 2 aliphatic heterocycles. The van der Waals surface area contributed by atoms with Crippen molar-refractivity contribution >= 4 is 46.1 Å². The van der Waals surface area contributed by atoms with E-state index in [1.54, 1.807) is 56.2 Å². The van der Waals surface area contributed by atoms with Crippen LogP contribution in [-0.2, 0) is 20.9 Å². The Labute approximate surface area is 250 Å². The summed E-state index contributed by atoms with van der Waals surface area (Å²) in [6, 6.07) is 21.1. The summed E-state index contributed by atoms with van der Waals surface area (Å²) in [5, 5.41) is 0.608. The average molecular weight is 600 g/mol. The number of carbonyl (C=O) groups is 2. The van der Waals surface area contributed by atoms with Crippen LogP contribution < -0.4 is 24.5 Å². The largest absolute Gasteiger partial charge is 0.497 e. The number of fused-ring (bicyclic) bond motifs is 2. The molecular formula is C32H26ClN3O5S. The number of hydrogen-bond donors (Lipinski definition) is 0.